The number of rotatable bonds is 8. The topological polar surface area (TPSA) is 46.6 Å². The number of carbonyl (C=O) groups excluding carboxylic acids is 2. The molecule has 0 N–H and O–H groups in total. The second kappa shape index (κ2) is 9.08. The number of hydrogen-bond acceptors (Lipinski definition) is 4. The second-order valence-electron chi connectivity index (χ2n) is 5.20. The van der Waals surface area contributed by atoms with Crippen molar-refractivity contribution in [3.63, 3.8) is 0 Å². The summed E-state index contributed by atoms with van der Waals surface area (Å²) in [5.74, 6) is -0.114. The number of esters is 1. The molecule has 1 saturated carbocycles. The van der Waals surface area contributed by atoms with Crippen LogP contribution < -0.4 is 0 Å². The highest BCUT2D eigenvalue weighted by molar-refractivity contribution is 5.84. The summed E-state index contributed by atoms with van der Waals surface area (Å²) in [7, 11) is 0. The fourth-order valence-electron chi connectivity index (χ4n) is 2.73. The van der Waals surface area contributed by atoms with Gasteiger partial charge in [0.25, 0.3) is 0 Å². The molecule has 4 nitrogen and oxygen atoms in total. The van der Waals surface area contributed by atoms with Gasteiger partial charge in [-0.3, -0.25) is 14.5 Å². The van der Waals surface area contributed by atoms with Crippen molar-refractivity contribution in [3.05, 3.63) is 0 Å². The van der Waals surface area contributed by atoms with Gasteiger partial charge in [0.15, 0.2) is 0 Å². The minimum atomic E-state index is -0.267. The van der Waals surface area contributed by atoms with Crippen molar-refractivity contribution in [3.8, 4) is 0 Å². The molecular formula is C15H27NO3. The zero-order valence-electron chi connectivity index (χ0n) is 12.3. The van der Waals surface area contributed by atoms with E-state index in [0.717, 1.165) is 6.54 Å². The molecule has 0 aromatic carbocycles. The SMILES string of the molecule is CCOC(=O)CCC(=O)CN(CC)C1CCCCC1. The average molecular weight is 269 g/mol. The molecular weight excluding hydrogens is 242 g/mol. The van der Waals surface area contributed by atoms with E-state index in [1.165, 1.54) is 32.1 Å². The molecule has 1 fully saturated rings. The van der Waals surface area contributed by atoms with Crippen LogP contribution in [0.15, 0.2) is 0 Å². The van der Waals surface area contributed by atoms with Gasteiger partial charge in [-0.05, 0) is 26.3 Å². The number of likely N-dealkylation sites (N-methyl/N-ethyl adjacent to an activating group) is 1. The van der Waals surface area contributed by atoms with Crippen LogP contribution in [0.1, 0.15) is 58.8 Å². The first-order chi connectivity index (χ1) is 9.17. The maximum Gasteiger partial charge on any atom is 0.306 e. The number of Topliss-reactive ketones (excluding diaryl/α,β-unsaturated/α-hetero) is 1. The predicted octanol–water partition coefficient (Wildman–Crippen LogP) is 2.55. The normalized spacial score (nSPS) is 16.6. The van der Waals surface area contributed by atoms with E-state index in [-0.39, 0.29) is 18.2 Å². The Hall–Kier alpha value is -0.900. The summed E-state index contributed by atoms with van der Waals surface area (Å²) in [4.78, 5) is 25.4. The van der Waals surface area contributed by atoms with Crippen molar-refractivity contribution in [2.45, 2.75) is 64.8 Å². The zero-order valence-corrected chi connectivity index (χ0v) is 12.3. The Morgan fingerprint density at radius 3 is 2.37 bits per heavy atom. The highest BCUT2D eigenvalue weighted by Gasteiger charge is 2.21. The van der Waals surface area contributed by atoms with E-state index < -0.39 is 0 Å². The number of hydrogen-bond donors (Lipinski definition) is 0. The molecule has 0 bridgehead atoms. The van der Waals surface area contributed by atoms with Gasteiger partial charge in [-0.25, -0.2) is 0 Å². The van der Waals surface area contributed by atoms with Gasteiger partial charge in [-0.15, -0.1) is 0 Å². The predicted molar refractivity (Wildman–Crippen MR) is 75.0 cm³/mol. The highest BCUT2D eigenvalue weighted by atomic mass is 16.5. The van der Waals surface area contributed by atoms with Crippen molar-refractivity contribution >= 4 is 11.8 Å². The minimum absolute atomic E-state index is 0.153. The summed E-state index contributed by atoms with van der Waals surface area (Å²) in [6, 6.07) is 0.560. The van der Waals surface area contributed by atoms with Crippen molar-refractivity contribution < 1.29 is 14.3 Å². The molecule has 0 spiro atoms. The van der Waals surface area contributed by atoms with Crippen LogP contribution in [-0.4, -0.2) is 42.4 Å². The van der Waals surface area contributed by atoms with Crippen LogP contribution in [-0.2, 0) is 14.3 Å². The Labute approximate surface area is 116 Å². The van der Waals surface area contributed by atoms with Crippen molar-refractivity contribution in [2.24, 2.45) is 0 Å². The lowest BCUT2D eigenvalue weighted by molar-refractivity contribution is -0.144. The van der Waals surface area contributed by atoms with E-state index in [4.69, 9.17) is 4.74 Å². The minimum Gasteiger partial charge on any atom is -0.466 e. The largest absolute Gasteiger partial charge is 0.466 e. The van der Waals surface area contributed by atoms with Gasteiger partial charge >= 0.3 is 5.97 Å². The van der Waals surface area contributed by atoms with Gasteiger partial charge in [0.05, 0.1) is 19.6 Å². The molecule has 19 heavy (non-hydrogen) atoms. The van der Waals surface area contributed by atoms with E-state index in [1.807, 2.05) is 0 Å². The van der Waals surface area contributed by atoms with E-state index in [9.17, 15) is 9.59 Å². The fraction of sp³-hybridized carbons (Fsp3) is 0.867. The molecule has 0 saturated heterocycles. The molecule has 1 rings (SSSR count). The first-order valence-electron chi connectivity index (χ1n) is 7.58. The molecule has 0 aliphatic heterocycles. The first kappa shape index (κ1) is 16.2. The third-order valence-electron chi connectivity index (χ3n) is 3.79. The quantitative estimate of drug-likeness (QED) is 0.635. The van der Waals surface area contributed by atoms with Crippen molar-refractivity contribution in [1.82, 2.24) is 4.90 Å². The van der Waals surface area contributed by atoms with Crippen molar-refractivity contribution in [1.29, 1.82) is 0 Å². The Morgan fingerprint density at radius 1 is 1.11 bits per heavy atom. The Balaban J connectivity index is 2.29. The third kappa shape index (κ3) is 6.19. The van der Waals surface area contributed by atoms with Crippen LogP contribution in [0.5, 0.6) is 0 Å². The molecule has 0 atom stereocenters. The summed E-state index contributed by atoms with van der Waals surface area (Å²) in [6.07, 6.45) is 6.82. The molecule has 0 radical (unpaired) electrons. The number of ketones is 1. The van der Waals surface area contributed by atoms with Crippen LogP contribution in [0.25, 0.3) is 0 Å². The zero-order chi connectivity index (χ0) is 14.1. The number of nitrogens with zero attached hydrogens (tertiary/aromatic N) is 1. The lowest BCUT2D eigenvalue weighted by Crippen LogP contribution is -2.40. The fourth-order valence-corrected chi connectivity index (χ4v) is 2.73. The Kier molecular flexibility index (Phi) is 7.72. The standard InChI is InChI=1S/C15H27NO3/c1-3-16(13-8-6-5-7-9-13)12-14(17)10-11-15(18)19-4-2/h13H,3-12H2,1-2H3. The maximum atomic E-state index is 11.9. The molecule has 0 heterocycles. The maximum absolute atomic E-state index is 11.9. The van der Waals surface area contributed by atoms with E-state index in [1.54, 1.807) is 6.92 Å². The van der Waals surface area contributed by atoms with Gasteiger partial charge in [-0.1, -0.05) is 26.2 Å². The van der Waals surface area contributed by atoms with Gasteiger partial charge < -0.3 is 4.74 Å². The highest BCUT2D eigenvalue weighted by Crippen LogP contribution is 2.22. The molecule has 0 aromatic heterocycles. The van der Waals surface area contributed by atoms with Gasteiger partial charge in [-0.2, -0.15) is 0 Å². The lowest BCUT2D eigenvalue weighted by atomic mass is 9.94. The van der Waals surface area contributed by atoms with E-state index in [2.05, 4.69) is 11.8 Å². The van der Waals surface area contributed by atoms with Gasteiger partial charge in [0.2, 0.25) is 0 Å². The Bertz CT molecular complexity index is 285. The number of carbonyl (C=O) groups is 2. The van der Waals surface area contributed by atoms with Crippen LogP contribution >= 0.6 is 0 Å². The summed E-state index contributed by atoms with van der Waals surface area (Å²) in [5, 5.41) is 0. The van der Waals surface area contributed by atoms with Crippen molar-refractivity contribution in [2.75, 3.05) is 19.7 Å². The monoisotopic (exact) mass is 269 g/mol. The van der Waals surface area contributed by atoms with Crippen LogP contribution in [0.4, 0.5) is 0 Å². The molecule has 110 valence electrons. The first-order valence-corrected chi connectivity index (χ1v) is 7.58. The summed E-state index contributed by atoms with van der Waals surface area (Å²) < 4.78 is 4.84. The summed E-state index contributed by atoms with van der Waals surface area (Å²) in [6.45, 7) is 5.67. The average Bonchev–Trinajstić information content (AvgIpc) is 2.44. The van der Waals surface area contributed by atoms with E-state index in [0.29, 0.717) is 25.6 Å². The molecule has 0 aromatic rings. The summed E-state index contributed by atoms with van der Waals surface area (Å²) >= 11 is 0. The molecule has 4 heteroatoms. The van der Waals surface area contributed by atoms with Crippen LogP contribution in [0, 0.1) is 0 Å². The Morgan fingerprint density at radius 2 is 1.79 bits per heavy atom. The van der Waals surface area contributed by atoms with Gasteiger partial charge in [0, 0.05) is 12.5 Å². The summed E-state index contributed by atoms with van der Waals surface area (Å²) in [5.41, 5.74) is 0. The molecule has 0 unspecified atom stereocenters. The molecule has 1 aliphatic carbocycles. The smallest absolute Gasteiger partial charge is 0.306 e. The number of ether oxygens (including phenoxy) is 1. The lowest BCUT2D eigenvalue weighted by Gasteiger charge is -2.32. The molecule has 1 aliphatic rings. The molecule has 0 amide bonds. The second-order valence-corrected chi connectivity index (χ2v) is 5.20. The van der Waals surface area contributed by atoms with Crippen LogP contribution in [0.2, 0.25) is 0 Å². The third-order valence-corrected chi connectivity index (χ3v) is 3.79. The van der Waals surface area contributed by atoms with E-state index >= 15 is 0 Å². The van der Waals surface area contributed by atoms with Gasteiger partial charge in [0.1, 0.15) is 5.78 Å². The van der Waals surface area contributed by atoms with Crippen LogP contribution in [0.3, 0.4) is 0 Å².